The van der Waals surface area contributed by atoms with Gasteiger partial charge in [0, 0.05) is 26.2 Å². The van der Waals surface area contributed by atoms with E-state index in [-0.39, 0.29) is 11.7 Å². The number of nitrogens with zero attached hydrogens (tertiary/aromatic N) is 1. The van der Waals surface area contributed by atoms with Crippen molar-refractivity contribution in [3.05, 3.63) is 35.4 Å². The van der Waals surface area contributed by atoms with E-state index in [9.17, 15) is 8.42 Å². The SMILES string of the molecule is Cc1cccc(CS(=O)(=O)NCC(C)CN2CCOCC2)c1. The molecule has 5 nitrogen and oxygen atoms in total. The van der Waals surface area contributed by atoms with Crippen LogP contribution in [-0.2, 0) is 20.5 Å². The average Bonchev–Trinajstić information content (AvgIpc) is 2.46. The molecule has 1 aliphatic rings. The summed E-state index contributed by atoms with van der Waals surface area (Å²) in [6.07, 6.45) is 0. The third kappa shape index (κ3) is 6.04. The Morgan fingerprint density at radius 2 is 2.05 bits per heavy atom. The van der Waals surface area contributed by atoms with Crippen molar-refractivity contribution >= 4 is 10.0 Å². The van der Waals surface area contributed by atoms with Gasteiger partial charge in [0.15, 0.2) is 0 Å². The maximum absolute atomic E-state index is 12.2. The Kier molecular flexibility index (Phi) is 6.37. The molecule has 0 amide bonds. The average molecular weight is 326 g/mol. The zero-order valence-electron chi connectivity index (χ0n) is 13.4. The minimum absolute atomic E-state index is 0.0406. The van der Waals surface area contributed by atoms with E-state index >= 15 is 0 Å². The van der Waals surface area contributed by atoms with Gasteiger partial charge in [-0.05, 0) is 18.4 Å². The molecule has 1 atom stereocenters. The number of hydrogen-bond acceptors (Lipinski definition) is 4. The fourth-order valence-electron chi connectivity index (χ4n) is 2.63. The molecule has 1 saturated heterocycles. The number of nitrogens with one attached hydrogen (secondary N) is 1. The molecule has 0 aliphatic carbocycles. The van der Waals surface area contributed by atoms with Gasteiger partial charge in [0.1, 0.15) is 0 Å². The van der Waals surface area contributed by atoms with Crippen molar-refractivity contribution in [3.8, 4) is 0 Å². The number of sulfonamides is 1. The molecule has 1 aromatic rings. The van der Waals surface area contributed by atoms with Crippen molar-refractivity contribution < 1.29 is 13.2 Å². The molecule has 124 valence electrons. The van der Waals surface area contributed by atoms with E-state index in [0.717, 1.165) is 44.0 Å². The lowest BCUT2D eigenvalue weighted by Crippen LogP contribution is -2.41. The summed E-state index contributed by atoms with van der Waals surface area (Å²) in [6, 6.07) is 7.62. The highest BCUT2D eigenvalue weighted by molar-refractivity contribution is 7.88. The zero-order valence-corrected chi connectivity index (χ0v) is 14.2. The van der Waals surface area contributed by atoms with Gasteiger partial charge in [-0.15, -0.1) is 0 Å². The Morgan fingerprint density at radius 3 is 2.73 bits per heavy atom. The van der Waals surface area contributed by atoms with Gasteiger partial charge in [-0.3, -0.25) is 4.90 Å². The lowest BCUT2D eigenvalue weighted by molar-refractivity contribution is 0.0321. The summed E-state index contributed by atoms with van der Waals surface area (Å²) in [5.41, 5.74) is 1.90. The van der Waals surface area contributed by atoms with Gasteiger partial charge in [-0.2, -0.15) is 0 Å². The van der Waals surface area contributed by atoms with Gasteiger partial charge in [-0.25, -0.2) is 13.1 Å². The first kappa shape index (κ1) is 17.4. The molecular weight excluding hydrogens is 300 g/mol. The van der Waals surface area contributed by atoms with Crippen LogP contribution >= 0.6 is 0 Å². The number of rotatable bonds is 7. The van der Waals surface area contributed by atoms with Crippen LogP contribution in [0, 0.1) is 12.8 Å². The van der Waals surface area contributed by atoms with Crippen LogP contribution in [0.4, 0.5) is 0 Å². The second kappa shape index (κ2) is 8.06. The second-order valence-corrected chi connectivity index (χ2v) is 7.92. The molecule has 22 heavy (non-hydrogen) atoms. The normalized spacial score (nSPS) is 18.3. The zero-order chi connectivity index (χ0) is 16.0. The monoisotopic (exact) mass is 326 g/mol. The quantitative estimate of drug-likeness (QED) is 0.822. The van der Waals surface area contributed by atoms with Gasteiger partial charge in [0.05, 0.1) is 19.0 Å². The molecule has 0 saturated carbocycles. The molecule has 1 heterocycles. The summed E-state index contributed by atoms with van der Waals surface area (Å²) in [5.74, 6) is 0.323. The Hall–Kier alpha value is -0.950. The van der Waals surface area contributed by atoms with Crippen molar-refractivity contribution in [2.24, 2.45) is 5.92 Å². The van der Waals surface area contributed by atoms with Crippen LogP contribution in [0.3, 0.4) is 0 Å². The highest BCUT2D eigenvalue weighted by atomic mass is 32.2. The van der Waals surface area contributed by atoms with Crippen LogP contribution in [0.15, 0.2) is 24.3 Å². The number of morpholine rings is 1. The van der Waals surface area contributed by atoms with E-state index in [1.165, 1.54) is 0 Å². The first-order valence-electron chi connectivity index (χ1n) is 7.77. The van der Waals surface area contributed by atoms with Gasteiger partial charge >= 0.3 is 0 Å². The third-order valence-corrected chi connectivity index (χ3v) is 5.08. The van der Waals surface area contributed by atoms with Gasteiger partial charge in [-0.1, -0.05) is 36.8 Å². The molecule has 1 aliphatic heterocycles. The van der Waals surface area contributed by atoms with Crippen LogP contribution in [0.25, 0.3) is 0 Å². The standard InChI is InChI=1S/C16H26N2O3S/c1-14-4-3-5-16(10-14)13-22(19,20)17-11-15(2)12-18-6-8-21-9-7-18/h3-5,10,15,17H,6-9,11-13H2,1-2H3. The summed E-state index contributed by atoms with van der Waals surface area (Å²) in [6.45, 7) is 8.82. The fraction of sp³-hybridized carbons (Fsp3) is 0.625. The smallest absolute Gasteiger partial charge is 0.215 e. The Bertz CT molecular complexity index is 569. The summed E-state index contributed by atoms with van der Waals surface area (Å²) in [4.78, 5) is 2.32. The van der Waals surface area contributed by atoms with Crippen molar-refractivity contribution in [1.82, 2.24) is 9.62 Å². The summed E-state index contributed by atoms with van der Waals surface area (Å²) in [7, 11) is -3.28. The van der Waals surface area contributed by atoms with Crippen molar-refractivity contribution in [2.75, 3.05) is 39.4 Å². The Balaban J connectivity index is 1.78. The van der Waals surface area contributed by atoms with Gasteiger partial charge in [0.2, 0.25) is 10.0 Å². The van der Waals surface area contributed by atoms with Crippen molar-refractivity contribution in [3.63, 3.8) is 0 Å². The van der Waals surface area contributed by atoms with E-state index in [2.05, 4.69) is 16.5 Å². The molecule has 6 heteroatoms. The lowest BCUT2D eigenvalue weighted by Gasteiger charge is -2.29. The molecular formula is C16H26N2O3S. The molecule has 0 radical (unpaired) electrons. The van der Waals surface area contributed by atoms with Crippen molar-refractivity contribution in [1.29, 1.82) is 0 Å². The number of hydrogen-bond donors (Lipinski definition) is 1. The number of aryl methyl sites for hydroxylation is 1. The first-order chi connectivity index (χ1) is 10.4. The van der Waals surface area contributed by atoms with Crippen LogP contribution in [0.2, 0.25) is 0 Å². The number of ether oxygens (including phenoxy) is 1. The maximum Gasteiger partial charge on any atom is 0.215 e. The molecule has 1 unspecified atom stereocenters. The minimum atomic E-state index is -3.28. The van der Waals surface area contributed by atoms with E-state index in [1.807, 2.05) is 31.2 Å². The minimum Gasteiger partial charge on any atom is -0.379 e. The predicted molar refractivity (Wildman–Crippen MR) is 88.2 cm³/mol. The Morgan fingerprint density at radius 1 is 1.32 bits per heavy atom. The highest BCUT2D eigenvalue weighted by Crippen LogP contribution is 2.08. The van der Waals surface area contributed by atoms with E-state index in [4.69, 9.17) is 4.74 Å². The topological polar surface area (TPSA) is 58.6 Å². The number of benzene rings is 1. The van der Waals surface area contributed by atoms with Crippen LogP contribution in [-0.4, -0.2) is 52.7 Å². The molecule has 0 aromatic heterocycles. The van der Waals surface area contributed by atoms with Crippen LogP contribution in [0.1, 0.15) is 18.1 Å². The lowest BCUT2D eigenvalue weighted by atomic mass is 10.1. The van der Waals surface area contributed by atoms with Crippen molar-refractivity contribution in [2.45, 2.75) is 19.6 Å². The highest BCUT2D eigenvalue weighted by Gasteiger charge is 2.16. The van der Waals surface area contributed by atoms with Gasteiger partial charge < -0.3 is 4.74 Å². The third-order valence-electron chi connectivity index (χ3n) is 3.76. The van der Waals surface area contributed by atoms with Gasteiger partial charge in [0.25, 0.3) is 0 Å². The molecule has 1 fully saturated rings. The second-order valence-electron chi connectivity index (χ2n) is 6.11. The predicted octanol–water partition coefficient (Wildman–Crippen LogP) is 1.38. The van der Waals surface area contributed by atoms with E-state index in [1.54, 1.807) is 0 Å². The summed E-state index contributed by atoms with van der Waals surface area (Å²) in [5, 5.41) is 0. The maximum atomic E-state index is 12.2. The summed E-state index contributed by atoms with van der Waals surface area (Å²) >= 11 is 0. The molecule has 1 aromatic carbocycles. The van der Waals surface area contributed by atoms with E-state index < -0.39 is 10.0 Å². The fourth-order valence-corrected chi connectivity index (χ4v) is 3.89. The first-order valence-corrected chi connectivity index (χ1v) is 9.43. The largest absolute Gasteiger partial charge is 0.379 e. The summed E-state index contributed by atoms with van der Waals surface area (Å²) < 4.78 is 32.4. The molecule has 0 bridgehead atoms. The van der Waals surface area contributed by atoms with E-state index in [0.29, 0.717) is 6.54 Å². The van der Waals surface area contributed by atoms with Crippen LogP contribution in [0.5, 0.6) is 0 Å². The van der Waals surface area contributed by atoms with Crippen LogP contribution < -0.4 is 4.72 Å². The molecule has 2 rings (SSSR count). The molecule has 1 N–H and O–H groups in total. The molecule has 0 spiro atoms. The Labute approximate surface area is 133 Å².